The van der Waals surface area contributed by atoms with Crippen LogP contribution in [0.2, 0.25) is 0 Å². The minimum absolute atomic E-state index is 0.656. The summed E-state index contributed by atoms with van der Waals surface area (Å²) in [6.45, 7) is 10.7. The summed E-state index contributed by atoms with van der Waals surface area (Å²) >= 11 is 1.74. The quantitative estimate of drug-likeness (QED) is 0.640. The van der Waals surface area contributed by atoms with Crippen LogP contribution < -0.4 is 5.32 Å². The maximum absolute atomic E-state index is 5.44. The van der Waals surface area contributed by atoms with Gasteiger partial charge in [-0.3, -0.25) is 0 Å². The summed E-state index contributed by atoms with van der Waals surface area (Å²) in [5, 5.41) is 4.48. The van der Waals surface area contributed by atoms with Gasteiger partial charge in [-0.1, -0.05) is 0 Å². The summed E-state index contributed by atoms with van der Waals surface area (Å²) < 4.78 is 5.44. The molecule has 0 radical (unpaired) electrons. The van der Waals surface area contributed by atoms with Gasteiger partial charge in [0.1, 0.15) is 5.01 Å². The third-order valence-corrected chi connectivity index (χ3v) is 5.40. The molecule has 2 rings (SSSR count). The number of aryl methyl sites for hydroxylation is 2. The molecule has 0 atom stereocenters. The van der Waals surface area contributed by atoms with Gasteiger partial charge in [0.15, 0.2) is 5.96 Å². The first-order chi connectivity index (χ1) is 11.1. The normalized spacial score (nSPS) is 16.6. The predicted octanol–water partition coefficient (Wildman–Crippen LogP) is 2.97. The van der Waals surface area contributed by atoms with E-state index in [0.29, 0.717) is 6.54 Å². The van der Waals surface area contributed by atoms with Crippen molar-refractivity contribution in [3.05, 3.63) is 15.6 Å². The Morgan fingerprint density at radius 3 is 2.74 bits per heavy atom. The van der Waals surface area contributed by atoms with E-state index in [9.17, 15) is 0 Å². The van der Waals surface area contributed by atoms with Crippen LogP contribution in [0.5, 0.6) is 0 Å². The number of aliphatic imine (C=N–C) groups is 1. The summed E-state index contributed by atoms with van der Waals surface area (Å²) in [6, 6.07) is 0. The lowest BCUT2D eigenvalue weighted by molar-refractivity contribution is 0.0625. The molecular weight excluding hydrogens is 308 g/mol. The van der Waals surface area contributed by atoms with Crippen LogP contribution in [0.3, 0.4) is 0 Å². The molecule has 1 aliphatic rings. The molecule has 2 heterocycles. The van der Waals surface area contributed by atoms with Crippen LogP contribution in [0.4, 0.5) is 0 Å². The van der Waals surface area contributed by atoms with Gasteiger partial charge in [0.05, 0.1) is 12.2 Å². The fraction of sp³-hybridized carbons (Fsp3) is 0.765. The molecule has 1 fully saturated rings. The third kappa shape index (κ3) is 5.77. The van der Waals surface area contributed by atoms with Crippen molar-refractivity contribution < 1.29 is 4.74 Å². The molecule has 1 aromatic rings. The highest BCUT2D eigenvalue weighted by Crippen LogP contribution is 2.19. The average Bonchev–Trinajstić information content (AvgIpc) is 2.88. The summed E-state index contributed by atoms with van der Waals surface area (Å²) in [7, 11) is 2.12. The number of nitrogens with one attached hydrogen (secondary N) is 1. The summed E-state index contributed by atoms with van der Waals surface area (Å²) in [4.78, 5) is 12.9. The number of hydrogen-bond donors (Lipinski definition) is 1. The van der Waals surface area contributed by atoms with Crippen molar-refractivity contribution in [2.24, 2.45) is 10.9 Å². The Balaban J connectivity index is 1.88. The summed E-state index contributed by atoms with van der Waals surface area (Å²) in [6.07, 6.45) is 3.60. The van der Waals surface area contributed by atoms with E-state index >= 15 is 0 Å². The monoisotopic (exact) mass is 338 g/mol. The van der Waals surface area contributed by atoms with Crippen LogP contribution in [0, 0.1) is 19.8 Å². The molecule has 1 aromatic heterocycles. The lowest BCUT2D eigenvalue weighted by Gasteiger charge is -2.26. The molecule has 6 heteroatoms. The van der Waals surface area contributed by atoms with Gasteiger partial charge in [-0.2, -0.15) is 0 Å². The first-order valence-corrected chi connectivity index (χ1v) is 9.42. The molecule has 130 valence electrons. The van der Waals surface area contributed by atoms with E-state index < -0.39 is 0 Å². The standard InChI is InChI=1S/C17H30N4OS/c1-5-18-17(19-12-16-20-13(2)14(3)23-16)21(4)9-6-15-7-10-22-11-8-15/h15H,5-12H2,1-4H3,(H,18,19). The van der Waals surface area contributed by atoms with Gasteiger partial charge >= 0.3 is 0 Å². The average molecular weight is 339 g/mol. The number of aromatic nitrogens is 1. The fourth-order valence-corrected chi connectivity index (χ4v) is 3.59. The molecule has 0 amide bonds. The van der Waals surface area contributed by atoms with Crippen molar-refractivity contribution in [1.29, 1.82) is 0 Å². The van der Waals surface area contributed by atoms with E-state index in [4.69, 9.17) is 9.73 Å². The smallest absolute Gasteiger partial charge is 0.194 e. The Labute approximate surface area is 144 Å². The predicted molar refractivity (Wildman–Crippen MR) is 97.2 cm³/mol. The van der Waals surface area contributed by atoms with Gasteiger partial charge in [-0.05, 0) is 46.0 Å². The second-order valence-corrected chi connectivity index (χ2v) is 7.47. The Morgan fingerprint density at radius 2 is 2.13 bits per heavy atom. The molecule has 0 unspecified atom stereocenters. The zero-order chi connectivity index (χ0) is 16.7. The lowest BCUT2D eigenvalue weighted by atomic mass is 9.96. The third-order valence-electron chi connectivity index (χ3n) is 4.35. The van der Waals surface area contributed by atoms with Crippen LogP contribution >= 0.6 is 11.3 Å². The molecule has 0 bridgehead atoms. The topological polar surface area (TPSA) is 49.8 Å². The first kappa shape index (κ1) is 18.2. The highest BCUT2D eigenvalue weighted by atomic mass is 32.1. The number of hydrogen-bond acceptors (Lipinski definition) is 4. The molecule has 23 heavy (non-hydrogen) atoms. The molecule has 0 spiro atoms. The number of ether oxygens (including phenoxy) is 1. The lowest BCUT2D eigenvalue weighted by Crippen LogP contribution is -2.40. The number of guanidine groups is 1. The van der Waals surface area contributed by atoms with Crippen LogP contribution in [0.1, 0.15) is 41.8 Å². The molecule has 1 aliphatic heterocycles. The maximum Gasteiger partial charge on any atom is 0.194 e. The summed E-state index contributed by atoms with van der Waals surface area (Å²) in [5.41, 5.74) is 1.12. The minimum Gasteiger partial charge on any atom is -0.381 e. The zero-order valence-corrected chi connectivity index (χ0v) is 15.7. The molecule has 5 nitrogen and oxygen atoms in total. The summed E-state index contributed by atoms with van der Waals surface area (Å²) in [5.74, 6) is 1.77. The van der Waals surface area contributed by atoms with Gasteiger partial charge in [0.25, 0.3) is 0 Å². The van der Waals surface area contributed by atoms with Crippen molar-refractivity contribution in [2.45, 2.75) is 46.6 Å². The highest BCUT2D eigenvalue weighted by molar-refractivity contribution is 7.11. The van der Waals surface area contributed by atoms with Crippen LogP contribution in [-0.4, -0.2) is 49.2 Å². The van der Waals surface area contributed by atoms with Gasteiger partial charge in [-0.25, -0.2) is 9.98 Å². The van der Waals surface area contributed by atoms with Crippen molar-refractivity contribution >= 4 is 17.3 Å². The van der Waals surface area contributed by atoms with Gasteiger partial charge < -0.3 is 15.0 Å². The first-order valence-electron chi connectivity index (χ1n) is 8.60. The van der Waals surface area contributed by atoms with Gasteiger partial charge in [0.2, 0.25) is 0 Å². The van der Waals surface area contributed by atoms with E-state index in [1.165, 1.54) is 24.1 Å². The molecule has 0 aliphatic carbocycles. The minimum atomic E-state index is 0.656. The Kier molecular flexibility index (Phi) is 7.30. The largest absolute Gasteiger partial charge is 0.381 e. The Morgan fingerprint density at radius 1 is 1.39 bits per heavy atom. The molecule has 1 N–H and O–H groups in total. The second-order valence-electron chi connectivity index (χ2n) is 6.19. The van der Waals surface area contributed by atoms with Gasteiger partial charge in [-0.15, -0.1) is 11.3 Å². The maximum atomic E-state index is 5.44. The second kappa shape index (κ2) is 9.23. The van der Waals surface area contributed by atoms with Crippen molar-refractivity contribution in [3.8, 4) is 0 Å². The molecule has 0 saturated carbocycles. The SMILES string of the molecule is CCNC(=NCc1nc(C)c(C)s1)N(C)CCC1CCOCC1. The van der Waals surface area contributed by atoms with E-state index in [1.807, 2.05) is 0 Å². The highest BCUT2D eigenvalue weighted by Gasteiger charge is 2.15. The van der Waals surface area contributed by atoms with E-state index in [0.717, 1.165) is 48.9 Å². The van der Waals surface area contributed by atoms with E-state index in [-0.39, 0.29) is 0 Å². The van der Waals surface area contributed by atoms with Crippen LogP contribution in [0.25, 0.3) is 0 Å². The van der Waals surface area contributed by atoms with E-state index in [2.05, 4.69) is 43.0 Å². The zero-order valence-electron chi connectivity index (χ0n) is 14.9. The fourth-order valence-electron chi connectivity index (χ4n) is 2.74. The molecular formula is C17H30N4OS. The van der Waals surface area contributed by atoms with E-state index in [1.54, 1.807) is 11.3 Å². The van der Waals surface area contributed by atoms with Crippen molar-refractivity contribution in [1.82, 2.24) is 15.2 Å². The van der Waals surface area contributed by atoms with Crippen LogP contribution in [0.15, 0.2) is 4.99 Å². The van der Waals surface area contributed by atoms with Crippen molar-refractivity contribution in [2.75, 3.05) is 33.4 Å². The number of rotatable bonds is 6. The number of nitrogens with zero attached hydrogens (tertiary/aromatic N) is 3. The Hall–Kier alpha value is -1.14. The van der Waals surface area contributed by atoms with Gasteiger partial charge in [0, 0.05) is 38.2 Å². The number of thiazole rings is 1. The molecule has 1 saturated heterocycles. The van der Waals surface area contributed by atoms with Crippen LogP contribution in [-0.2, 0) is 11.3 Å². The molecule has 0 aromatic carbocycles. The Bertz CT molecular complexity index is 489. The van der Waals surface area contributed by atoms with Crippen molar-refractivity contribution in [3.63, 3.8) is 0 Å².